The number of carbonyl (C=O) groups excluding carboxylic acids is 2. The number of H-pyrrole nitrogens is 1. The van der Waals surface area contributed by atoms with Crippen molar-refractivity contribution in [3.05, 3.63) is 103 Å². The Balaban J connectivity index is 1.06. The van der Waals surface area contributed by atoms with Crippen LogP contribution in [0.1, 0.15) is 22.3 Å². The number of fused-ring (bicyclic) bond motifs is 1. The molecular formula is C31H27N9O2. The molecule has 1 atom stereocenters. The number of hydrogen-bond acceptors (Lipinski definition) is 7. The predicted octanol–water partition coefficient (Wildman–Crippen LogP) is 4.21. The number of nitriles is 1. The smallest absolute Gasteiger partial charge is 0.253 e. The van der Waals surface area contributed by atoms with Crippen LogP contribution in [0.25, 0.3) is 22.2 Å². The summed E-state index contributed by atoms with van der Waals surface area (Å²) in [5.41, 5.74) is 3.89. The van der Waals surface area contributed by atoms with Crippen LogP contribution in [0.3, 0.4) is 0 Å². The highest BCUT2D eigenvalue weighted by Gasteiger charge is 2.28. The van der Waals surface area contributed by atoms with Crippen LogP contribution in [0.5, 0.6) is 0 Å². The molecule has 0 saturated carbocycles. The average molecular weight is 558 g/mol. The van der Waals surface area contributed by atoms with E-state index < -0.39 is 0 Å². The normalized spacial score (nSPS) is 14.7. The van der Waals surface area contributed by atoms with Gasteiger partial charge in [0, 0.05) is 78.1 Å². The second-order valence-corrected chi connectivity index (χ2v) is 9.93. The van der Waals surface area contributed by atoms with Gasteiger partial charge in [0.1, 0.15) is 6.07 Å². The van der Waals surface area contributed by atoms with Crippen LogP contribution in [0, 0.1) is 11.3 Å². The quantitative estimate of drug-likeness (QED) is 0.242. The maximum Gasteiger partial charge on any atom is 0.253 e. The Morgan fingerprint density at radius 3 is 2.83 bits per heavy atom. The van der Waals surface area contributed by atoms with Crippen molar-refractivity contribution < 1.29 is 9.59 Å². The van der Waals surface area contributed by atoms with E-state index >= 15 is 0 Å². The first-order chi connectivity index (χ1) is 20.6. The van der Waals surface area contributed by atoms with Crippen molar-refractivity contribution in [2.24, 2.45) is 0 Å². The van der Waals surface area contributed by atoms with Gasteiger partial charge in [-0.1, -0.05) is 24.3 Å². The maximum absolute atomic E-state index is 13.2. The Kier molecular flexibility index (Phi) is 7.42. The molecule has 0 radical (unpaired) electrons. The van der Waals surface area contributed by atoms with E-state index in [0.717, 1.165) is 22.9 Å². The summed E-state index contributed by atoms with van der Waals surface area (Å²) in [6.45, 7) is 1.63. The fourth-order valence-electron chi connectivity index (χ4n) is 4.99. The van der Waals surface area contributed by atoms with Gasteiger partial charge < -0.3 is 25.1 Å². The third-order valence-corrected chi connectivity index (χ3v) is 7.11. The highest BCUT2D eigenvalue weighted by atomic mass is 16.2. The zero-order valence-corrected chi connectivity index (χ0v) is 22.6. The van der Waals surface area contributed by atoms with E-state index in [1.807, 2.05) is 41.2 Å². The van der Waals surface area contributed by atoms with E-state index in [0.29, 0.717) is 48.1 Å². The summed E-state index contributed by atoms with van der Waals surface area (Å²) in [6, 6.07) is 16.9. The van der Waals surface area contributed by atoms with Crippen molar-refractivity contribution in [1.82, 2.24) is 29.4 Å². The first-order valence-corrected chi connectivity index (χ1v) is 13.5. The largest absolute Gasteiger partial charge is 0.360 e. The van der Waals surface area contributed by atoms with Crippen LogP contribution in [0.4, 0.5) is 11.6 Å². The lowest BCUT2D eigenvalue weighted by Crippen LogP contribution is -2.31. The number of nitrogens with zero attached hydrogens (tertiary/aromatic N) is 6. The Morgan fingerprint density at radius 1 is 1.17 bits per heavy atom. The van der Waals surface area contributed by atoms with Gasteiger partial charge in [-0.15, -0.1) is 0 Å². The third-order valence-electron chi connectivity index (χ3n) is 7.11. The minimum absolute atomic E-state index is 0.0367. The van der Waals surface area contributed by atoms with E-state index in [-0.39, 0.29) is 17.9 Å². The molecule has 1 aliphatic heterocycles. The molecule has 1 fully saturated rings. The minimum atomic E-state index is -0.250. The first-order valence-electron chi connectivity index (χ1n) is 13.5. The second-order valence-electron chi connectivity index (χ2n) is 9.93. The van der Waals surface area contributed by atoms with Crippen molar-refractivity contribution in [3.63, 3.8) is 0 Å². The molecule has 208 valence electrons. The number of rotatable bonds is 8. The molecule has 0 bridgehead atoms. The number of nitrogens with one attached hydrogen (secondary N) is 3. The molecule has 0 aliphatic carbocycles. The van der Waals surface area contributed by atoms with Gasteiger partial charge in [0.2, 0.25) is 11.9 Å². The number of aromatic nitrogens is 5. The molecule has 11 nitrogen and oxygen atoms in total. The van der Waals surface area contributed by atoms with Gasteiger partial charge in [-0.05, 0) is 36.8 Å². The van der Waals surface area contributed by atoms with Crippen LogP contribution in [-0.4, -0.2) is 60.3 Å². The van der Waals surface area contributed by atoms with Crippen LogP contribution in [0.15, 0.2) is 91.8 Å². The summed E-state index contributed by atoms with van der Waals surface area (Å²) in [4.78, 5) is 43.4. The summed E-state index contributed by atoms with van der Waals surface area (Å²) in [6.07, 6.45) is 12.5. The molecule has 0 spiro atoms. The molecule has 1 saturated heterocycles. The van der Waals surface area contributed by atoms with Gasteiger partial charge in [-0.2, -0.15) is 5.26 Å². The van der Waals surface area contributed by atoms with Crippen molar-refractivity contribution >= 4 is 34.4 Å². The molecule has 1 aliphatic rings. The number of aromatic amines is 1. The number of benzene rings is 2. The highest BCUT2D eigenvalue weighted by molar-refractivity contribution is 6.00. The van der Waals surface area contributed by atoms with Gasteiger partial charge in [0.25, 0.3) is 5.91 Å². The van der Waals surface area contributed by atoms with Crippen LogP contribution >= 0.6 is 0 Å². The van der Waals surface area contributed by atoms with Crippen molar-refractivity contribution in [3.8, 4) is 17.3 Å². The van der Waals surface area contributed by atoms with Crippen molar-refractivity contribution in [1.29, 1.82) is 5.26 Å². The molecule has 2 amide bonds. The Bertz CT molecular complexity index is 1800. The molecule has 5 aromatic rings. The fourth-order valence-corrected chi connectivity index (χ4v) is 4.99. The number of imidazole rings is 1. The Labute approximate surface area is 241 Å². The third kappa shape index (κ3) is 5.73. The lowest BCUT2D eigenvalue weighted by Gasteiger charge is -2.18. The average Bonchev–Trinajstić information content (AvgIpc) is 3.79. The Morgan fingerprint density at radius 2 is 2.02 bits per heavy atom. The number of amides is 2. The first kappa shape index (κ1) is 26.5. The van der Waals surface area contributed by atoms with Gasteiger partial charge in [0.05, 0.1) is 23.8 Å². The van der Waals surface area contributed by atoms with E-state index in [4.69, 9.17) is 0 Å². The zero-order chi connectivity index (χ0) is 28.9. The van der Waals surface area contributed by atoms with Gasteiger partial charge in [-0.25, -0.2) is 15.0 Å². The highest BCUT2D eigenvalue weighted by Crippen LogP contribution is 2.30. The van der Waals surface area contributed by atoms with E-state index in [9.17, 15) is 14.9 Å². The lowest BCUT2D eigenvalue weighted by atomic mass is 10.1. The minimum Gasteiger partial charge on any atom is -0.360 e. The summed E-state index contributed by atoms with van der Waals surface area (Å²) < 4.78 is 1.85. The molecular weight excluding hydrogens is 530 g/mol. The van der Waals surface area contributed by atoms with Crippen molar-refractivity contribution in [2.75, 3.05) is 23.7 Å². The van der Waals surface area contributed by atoms with Crippen LogP contribution < -0.4 is 10.6 Å². The monoisotopic (exact) mass is 557 g/mol. The zero-order valence-electron chi connectivity index (χ0n) is 22.6. The molecule has 3 aromatic heterocycles. The van der Waals surface area contributed by atoms with E-state index in [1.165, 1.54) is 12.3 Å². The summed E-state index contributed by atoms with van der Waals surface area (Å²) >= 11 is 0. The molecule has 2 aromatic carbocycles. The SMILES string of the molecule is N#Cc1cnc(NC2CCN(C(=O)c3ccc(NC(=O)C=CCn4ccnc4)cc3)C2)nc1-c1c[nH]c2ccccc12. The van der Waals surface area contributed by atoms with E-state index in [1.54, 1.807) is 47.8 Å². The van der Waals surface area contributed by atoms with Gasteiger partial charge in [0.15, 0.2) is 0 Å². The molecule has 42 heavy (non-hydrogen) atoms. The number of carbonyl (C=O) groups is 2. The number of allylic oxidation sites excluding steroid dienone is 1. The fraction of sp³-hybridized carbons (Fsp3) is 0.161. The second kappa shape index (κ2) is 11.8. The van der Waals surface area contributed by atoms with Crippen LogP contribution in [0.2, 0.25) is 0 Å². The number of anilines is 2. The number of likely N-dealkylation sites (tertiary alicyclic amines) is 1. The Hall–Kier alpha value is -5.76. The van der Waals surface area contributed by atoms with Gasteiger partial charge in [-0.3, -0.25) is 9.59 Å². The van der Waals surface area contributed by atoms with Crippen molar-refractivity contribution in [2.45, 2.75) is 19.0 Å². The topological polar surface area (TPSA) is 145 Å². The summed E-state index contributed by atoms with van der Waals surface area (Å²) in [5, 5.41) is 16.8. The molecule has 11 heteroatoms. The van der Waals surface area contributed by atoms with Gasteiger partial charge >= 0.3 is 0 Å². The molecule has 4 heterocycles. The number of para-hydroxylation sites is 1. The number of hydrogen-bond donors (Lipinski definition) is 3. The lowest BCUT2D eigenvalue weighted by molar-refractivity contribution is -0.111. The summed E-state index contributed by atoms with van der Waals surface area (Å²) in [5.74, 6) is 0.0749. The molecule has 1 unspecified atom stereocenters. The maximum atomic E-state index is 13.2. The standard InChI is InChI=1S/C31H27N9O2/c32-16-22-17-35-31(38-29(22)26-18-34-27-5-2-1-4-25(26)27)37-24-11-14-40(19-24)30(42)21-7-9-23(10-8-21)36-28(41)6-3-13-39-15-12-33-20-39/h1-10,12,15,17-18,20,24,34H,11,13-14,19H2,(H,36,41)(H,35,37,38). The van der Waals surface area contributed by atoms with E-state index in [2.05, 4.69) is 36.6 Å². The van der Waals surface area contributed by atoms with Crippen LogP contribution in [-0.2, 0) is 11.3 Å². The molecule has 6 rings (SSSR count). The molecule has 3 N–H and O–H groups in total. The predicted molar refractivity (Wildman–Crippen MR) is 158 cm³/mol. The summed E-state index contributed by atoms with van der Waals surface area (Å²) in [7, 11) is 0.